The quantitative estimate of drug-likeness (QED) is 0.910. The third-order valence-corrected chi connectivity index (χ3v) is 4.62. The molecule has 1 aliphatic heterocycles. The van der Waals surface area contributed by atoms with Gasteiger partial charge in [-0.2, -0.15) is 11.8 Å². The highest BCUT2D eigenvalue weighted by Gasteiger charge is 2.16. The van der Waals surface area contributed by atoms with Gasteiger partial charge in [-0.05, 0) is 29.8 Å². The fourth-order valence-electron chi connectivity index (χ4n) is 2.43. The summed E-state index contributed by atoms with van der Waals surface area (Å²) in [7, 11) is 0. The van der Waals surface area contributed by atoms with E-state index in [0.717, 1.165) is 30.2 Å². The van der Waals surface area contributed by atoms with Crippen molar-refractivity contribution in [2.24, 2.45) is 0 Å². The van der Waals surface area contributed by atoms with Gasteiger partial charge >= 0.3 is 6.03 Å². The first-order chi connectivity index (χ1) is 11.7. The lowest BCUT2D eigenvalue weighted by molar-refractivity contribution is 0.217. The molecule has 2 amide bonds. The number of hydrogen-bond donors (Lipinski definition) is 1. The van der Waals surface area contributed by atoms with Crippen molar-refractivity contribution in [3.63, 3.8) is 0 Å². The SMILES string of the molecule is O=C(Nc1cccc(OCc2cccc(F)c2)c1)N1CCSCC1. The van der Waals surface area contributed by atoms with Crippen molar-refractivity contribution in [2.45, 2.75) is 6.61 Å². The van der Waals surface area contributed by atoms with Crippen LogP contribution in [0.2, 0.25) is 0 Å². The van der Waals surface area contributed by atoms with Gasteiger partial charge < -0.3 is 15.0 Å². The Morgan fingerprint density at radius 2 is 1.96 bits per heavy atom. The normalized spacial score (nSPS) is 14.3. The molecule has 0 atom stereocenters. The Bertz CT molecular complexity index is 705. The van der Waals surface area contributed by atoms with Crippen molar-refractivity contribution in [1.82, 2.24) is 4.90 Å². The second-order valence-corrected chi connectivity index (χ2v) is 6.70. The molecule has 2 aromatic carbocycles. The molecule has 0 unspecified atom stereocenters. The maximum Gasteiger partial charge on any atom is 0.321 e. The fourth-order valence-corrected chi connectivity index (χ4v) is 3.33. The van der Waals surface area contributed by atoms with Gasteiger partial charge in [-0.3, -0.25) is 0 Å². The van der Waals surface area contributed by atoms with Crippen molar-refractivity contribution in [3.8, 4) is 5.75 Å². The van der Waals surface area contributed by atoms with Gasteiger partial charge in [0.15, 0.2) is 0 Å². The van der Waals surface area contributed by atoms with E-state index in [-0.39, 0.29) is 18.5 Å². The number of amides is 2. The second-order valence-electron chi connectivity index (χ2n) is 5.48. The van der Waals surface area contributed by atoms with Crippen molar-refractivity contribution in [3.05, 3.63) is 59.9 Å². The number of hydrogen-bond acceptors (Lipinski definition) is 3. The number of nitrogens with zero attached hydrogens (tertiary/aromatic N) is 1. The minimum atomic E-state index is -0.281. The first-order valence-corrected chi connectivity index (χ1v) is 8.97. The fraction of sp³-hybridized carbons (Fsp3) is 0.278. The predicted molar refractivity (Wildman–Crippen MR) is 95.1 cm³/mol. The molecule has 1 aliphatic rings. The number of anilines is 1. The molecule has 0 spiro atoms. The Labute approximate surface area is 145 Å². The number of halogens is 1. The number of carbonyl (C=O) groups is 1. The van der Waals surface area contributed by atoms with Crippen LogP contribution in [0.5, 0.6) is 5.75 Å². The molecule has 0 saturated carbocycles. The van der Waals surface area contributed by atoms with E-state index in [1.807, 2.05) is 40.9 Å². The molecule has 1 fully saturated rings. The summed E-state index contributed by atoms with van der Waals surface area (Å²) in [5, 5.41) is 2.90. The Morgan fingerprint density at radius 1 is 1.17 bits per heavy atom. The molecule has 0 aliphatic carbocycles. The lowest BCUT2D eigenvalue weighted by Gasteiger charge is -2.26. The summed E-state index contributed by atoms with van der Waals surface area (Å²) in [5.41, 5.74) is 1.45. The van der Waals surface area contributed by atoms with Gasteiger partial charge in [-0.1, -0.05) is 18.2 Å². The lowest BCUT2D eigenvalue weighted by Crippen LogP contribution is -2.40. The lowest BCUT2D eigenvalue weighted by atomic mass is 10.2. The van der Waals surface area contributed by atoms with Crippen LogP contribution in [0.3, 0.4) is 0 Å². The van der Waals surface area contributed by atoms with Crippen LogP contribution < -0.4 is 10.1 Å². The number of ether oxygens (including phenoxy) is 1. The van der Waals surface area contributed by atoms with Crippen LogP contribution in [-0.4, -0.2) is 35.5 Å². The topological polar surface area (TPSA) is 41.6 Å². The van der Waals surface area contributed by atoms with Crippen LogP contribution in [0.25, 0.3) is 0 Å². The van der Waals surface area contributed by atoms with E-state index < -0.39 is 0 Å². The number of rotatable bonds is 4. The summed E-state index contributed by atoms with van der Waals surface area (Å²) >= 11 is 1.86. The molecule has 1 heterocycles. The molecule has 0 bridgehead atoms. The minimum absolute atomic E-state index is 0.0856. The van der Waals surface area contributed by atoms with Crippen LogP contribution in [-0.2, 0) is 6.61 Å². The van der Waals surface area contributed by atoms with Gasteiger partial charge in [-0.15, -0.1) is 0 Å². The standard InChI is InChI=1S/C18H19FN2O2S/c19-15-4-1-3-14(11-15)13-23-17-6-2-5-16(12-17)20-18(22)21-7-9-24-10-8-21/h1-6,11-12H,7-10,13H2,(H,20,22). The maximum atomic E-state index is 13.2. The van der Waals surface area contributed by atoms with Gasteiger partial charge in [0.05, 0.1) is 0 Å². The van der Waals surface area contributed by atoms with E-state index in [2.05, 4.69) is 5.32 Å². The summed E-state index contributed by atoms with van der Waals surface area (Å²) in [5.74, 6) is 2.30. The molecule has 6 heteroatoms. The van der Waals surface area contributed by atoms with Gasteiger partial charge in [0.1, 0.15) is 18.2 Å². The molecule has 4 nitrogen and oxygen atoms in total. The highest BCUT2D eigenvalue weighted by atomic mass is 32.2. The Morgan fingerprint density at radius 3 is 2.75 bits per heavy atom. The van der Waals surface area contributed by atoms with Crippen molar-refractivity contribution in [2.75, 3.05) is 29.9 Å². The van der Waals surface area contributed by atoms with Crippen molar-refractivity contribution in [1.29, 1.82) is 0 Å². The minimum Gasteiger partial charge on any atom is -0.489 e. The van der Waals surface area contributed by atoms with Crippen LogP contribution in [0, 0.1) is 5.82 Å². The molecular weight excluding hydrogens is 327 g/mol. The third-order valence-electron chi connectivity index (χ3n) is 3.68. The summed E-state index contributed by atoms with van der Waals surface area (Å²) in [4.78, 5) is 14.0. The molecule has 126 valence electrons. The van der Waals surface area contributed by atoms with Gasteiger partial charge in [-0.25, -0.2) is 9.18 Å². The number of carbonyl (C=O) groups excluding carboxylic acids is 1. The highest BCUT2D eigenvalue weighted by molar-refractivity contribution is 7.99. The average molecular weight is 346 g/mol. The highest BCUT2D eigenvalue weighted by Crippen LogP contribution is 2.20. The Kier molecular flexibility index (Phi) is 5.59. The zero-order chi connectivity index (χ0) is 16.8. The van der Waals surface area contributed by atoms with Crippen LogP contribution in [0.15, 0.2) is 48.5 Å². The zero-order valence-electron chi connectivity index (χ0n) is 13.2. The van der Waals surface area contributed by atoms with Gasteiger partial charge in [0.2, 0.25) is 0 Å². The van der Waals surface area contributed by atoms with Crippen LogP contribution in [0.4, 0.5) is 14.9 Å². The maximum absolute atomic E-state index is 13.2. The van der Waals surface area contributed by atoms with E-state index in [4.69, 9.17) is 4.74 Å². The predicted octanol–water partition coefficient (Wildman–Crippen LogP) is 3.99. The number of benzene rings is 2. The Hall–Kier alpha value is -2.21. The Balaban J connectivity index is 1.58. The first-order valence-electron chi connectivity index (χ1n) is 7.82. The summed E-state index contributed by atoms with van der Waals surface area (Å²) < 4.78 is 18.8. The number of nitrogens with one attached hydrogen (secondary N) is 1. The zero-order valence-corrected chi connectivity index (χ0v) is 14.0. The monoisotopic (exact) mass is 346 g/mol. The molecule has 1 saturated heterocycles. The molecule has 24 heavy (non-hydrogen) atoms. The number of urea groups is 1. The second kappa shape index (κ2) is 8.06. The molecule has 0 radical (unpaired) electrons. The average Bonchev–Trinajstić information content (AvgIpc) is 2.61. The van der Waals surface area contributed by atoms with Crippen molar-refractivity contribution >= 4 is 23.5 Å². The molecule has 3 rings (SSSR count). The summed E-state index contributed by atoms with van der Waals surface area (Å²) in [6.07, 6.45) is 0. The van der Waals surface area contributed by atoms with Gasteiger partial charge in [0.25, 0.3) is 0 Å². The largest absolute Gasteiger partial charge is 0.489 e. The first kappa shape index (κ1) is 16.6. The molecular formula is C18H19FN2O2S. The van der Waals surface area contributed by atoms with E-state index in [1.165, 1.54) is 12.1 Å². The molecule has 0 aromatic heterocycles. The molecule has 2 aromatic rings. The smallest absolute Gasteiger partial charge is 0.321 e. The summed E-state index contributed by atoms with van der Waals surface area (Å²) in [6.45, 7) is 1.82. The summed E-state index contributed by atoms with van der Waals surface area (Å²) in [6, 6.07) is 13.5. The number of thioether (sulfide) groups is 1. The van der Waals surface area contributed by atoms with Gasteiger partial charge in [0, 0.05) is 36.3 Å². The molecule has 1 N–H and O–H groups in total. The third kappa shape index (κ3) is 4.64. The van der Waals surface area contributed by atoms with E-state index >= 15 is 0 Å². The van der Waals surface area contributed by atoms with E-state index in [0.29, 0.717) is 11.4 Å². The van der Waals surface area contributed by atoms with Crippen LogP contribution >= 0.6 is 11.8 Å². The van der Waals surface area contributed by atoms with Crippen LogP contribution in [0.1, 0.15) is 5.56 Å². The van der Waals surface area contributed by atoms with Crippen molar-refractivity contribution < 1.29 is 13.9 Å². The van der Waals surface area contributed by atoms with E-state index in [1.54, 1.807) is 12.1 Å². The van der Waals surface area contributed by atoms with E-state index in [9.17, 15) is 9.18 Å².